The van der Waals surface area contributed by atoms with Gasteiger partial charge in [-0.2, -0.15) is 5.26 Å². The van der Waals surface area contributed by atoms with Gasteiger partial charge in [0.2, 0.25) is 0 Å². The van der Waals surface area contributed by atoms with Crippen molar-refractivity contribution in [3.8, 4) is 6.07 Å². The Labute approximate surface area is 164 Å². The van der Waals surface area contributed by atoms with Crippen LogP contribution in [-0.2, 0) is 14.3 Å². The summed E-state index contributed by atoms with van der Waals surface area (Å²) in [5, 5.41) is 11.5. The summed E-state index contributed by atoms with van der Waals surface area (Å²) in [4.78, 5) is 24.3. The number of carbonyl (C=O) groups excluding carboxylic acids is 2. The van der Waals surface area contributed by atoms with Gasteiger partial charge >= 0.3 is 5.97 Å². The van der Waals surface area contributed by atoms with Gasteiger partial charge in [0.1, 0.15) is 0 Å². The zero-order valence-corrected chi connectivity index (χ0v) is 16.2. The van der Waals surface area contributed by atoms with E-state index < -0.39 is 18.0 Å². The number of hydrogen-bond acceptors (Lipinski definition) is 4. The molecule has 0 bridgehead atoms. The normalized spacial score (nSPS) is 14.5. The lowest BCUT2D eigenvalue weighted by Crippen LogP contribution is -2.29. The maximum absolute atomic E-state index is 12.2. The first-order valence-electron chi connectivity index (χ1n) is 9.27. The number of nitrogens with one attached hydrogen (secondary N) is 1. The zero-order valence-electron chi connectivity index (χ0n) is 16.2. The molecule has 2 aromatic rings. The third-order valence-electron chi connectivity index (χ3n) is 4.76. The van der Waals surface area contributed by atoms with Crippen LogP contribution < -0.4 is 5.32 Å². The van der Waals surface area contributed by atoms with Crippen LogP contribution in [0.5, 0.6) is 0 Å². The molecule has 6 nitrogen and oxygen atoms in total. The van der Waals surface area contributed by atoms with Crippen LogP contribution >= 0.6 is 0 Å². The summed E-state index contributed by atoms with van der Waals surface area (Å²) in [5.41, 5.74) is 4.21. The van der Waals surface area contributed by atoms with Crippen LogP contribution in [0.1, 0.15) is 48.3 Å². The number of rotatable bonds is 6. The second-order valence-electron chi connectivity index (χ2n) is 7.02. The Morgan fingerprint density at radius 3 is 2.75 bits per heavy atom. The van der Waals surface area contributed by atoms with Crippen LogP contribution in [0.3, 0.4) is 0 Å². The van der Waals surface area contributed by atoms with Gasteiger partial charge in [-0.25, -0.2) is 4.79 Å². The van der Waals surface area contributed by atoms with Crippen molar-refractivity contribution in [2.45, 2.75) is 45.8 Å². The smallest absolute Gasteiger partial charge is 0.331 e. The topological polar surface area (TPSA) is 84.1 Å². The van der Waals surface area contributed by atoms with E-state index in [9.17, 15) is 9.59 Å². The molecule has 3 rings (SSSR count). The Bertz CT molecular complexity index is 977. The maximum Gasteiger partial charge on any atom is 0.331 e. The summed E-state index contributed by atoms with van der Waals surface area (Å²) in [6.45, 7) is 5.62. The number of amides is 1. The molecule has 0 saturated heterocycles. The molecule has 1 aromatic carbocycles. The number of nitrogens with zero attached hydrogens (tertiary/aromatic N) is 2. The minimum absolute atomic E-state index is 0.439. The Kier molecular flexibility index (Phi) is 5.65. The van der Waals surface area contributed by atoms with Crippen molar-refractivity contribution in [1.82, 2.24) is 4.57 Å². The van der Waals surface area contributed by atoms with Crippen LogP contribution in [0.25, 0.3) is 6.08 Å². The monoisotopic (exact) mass is 377 g/mol. The van der Waals surface area contributed by atoms with Crippen molar-refractivity contribution in [3.05, 3.63) is 58.9 Å². The minimum atomic E-state index is -0.957. The highest BCUT2D eigenvalue weighted by molar-refractivity contribution is 5.96. The molecule has 1 heterocycles. The molecule has 1 N–H and O–H groups in total. The Morgan fingerprint density at radius 1 is 1.32 bits per heavy atom. The quantitative estimate of drug-likeness (QED) is 0.611. The SMILES string of the molecule is Cc1cc(/C=C/C(=O)O[C@@H](C)C(=O)Nc2cccc(C#N)c2)c(C)n1C1CC1. The zero-order chi connectivity index (χ0) is 20.3. The van der Waals surface area contributed by atoms with Crippen LogP contribution in [0, 0.1) is 25.2 Å². The average molecular weight is 377 g/mol. The van der Waals surface area contributed by atoms with Crippen LogP contribution in [0.4, 0.5) is 5.69 Å². The lowest BCUT2D eigenvalue weighted by Gasteiger charge is -2.12. The predicted molar refractivity (Wildman–Crippen MR) is 107 cm³/mol. The fourth-order valence-electron chi connectivity index (χ4n) is 3.20. The molecule has 1 aromatic heterocycles. The minimum Gasteiger partial charge on any atom is -0.449 e. The summed E-state index contributed by atoms with van der Waals surface area (Å²) in [6, 6.07) is 11.2. The van der Waals surface area contributed by atoms with Gasteiger partial charge in [-0.15, -0.1) is 0 Å². The van der Waals surface area contributed by atoms with E-state index in [0.717, 1.165) is 11.3 Å². The number of aromatic nitrogens is 1. The molecule has 1 aliphatic carbocycles. The van der Waals surface area contributed by atoms with Crippen molar-refractivity contribution in [1.29, 1.82) is 5.26 Å². The molecule has 0 spiro atoms. The molecule has 1 fully saturated rings. The number of aryl methyl sites for hydroxylation is 1. The highest BCUT2D eigenvalue weighted by Gasteiger charge is 2.26. The maximum atomic E-state index is 12.2. The Balaban J connectivity index is 1.58. The van der Waals surface area contributed by atoms with E-state index in [2.05, 4.69) is 22.9 Å². The fraction of sp³-hybridized carbons (Fsp3) is 0.318. The first kappa shape index (κ1) is 19.4. The molecule has 1 atom stereocenters. The fourth-order valence-corrected chi connectivity index (χ4v) is 3.20. The molecule has 28 heavy (non-hydrogen) atoms. The van der Waals surface area contributed by atoms with Gasteiger partial charge in [0, 0.05) is 29.2 Å². The molecule has 1 saturated carbocycles. The van der Waals surface area contributed by atoms with E-state index >= 15 is 0 Å². The van der Waals surface area contributed by atoms with E-state index in [-0.39, 0.29) is 0 Å². The van der Waals surface area contributed by atoms with Gasteiger partial charge in [-0.3, -0.25) is 4.79 Å². The molecule has 1 amide bonds. The standard InChI is InChI=1S/C22H23N3O3/c1-14-11-18(15(2)25(14)20-8-9-20)7-10-21(26)28-16(3)22(27)24-19-6-4-5-17(12-19)13-23/h4-7,10-12,16,20H,8-9H2,1-3H3,(H,24,27)/b10-7+/t16-/m0/s1. The summed E-state index contributed by atoms with van der Waals surface area (Å²) in [6.07, 6.45) is 4.52. The van der Waals surface area contributed by atoms with E-state index in [1.54, 1.807) is 30.3 Å². The van der Waals surface area contributed by atoms with E-state index in [4.69, 9.17) is 10.00 Å². The van der Waals surface area contributed by atoms with Crippen molar-refractivity contribution in [2.24, 2.45) is 0 Å². The van der Waals surface area contributed by atoms with Crippen molar-refractivity contribution in [3.63, 3.8) is 0 Å². The third-order valence-corrected chi connectivity index (χ3v) is 4.76. The molecule has 1 aliphatic rings. The number of nitriles is 1. The van der Waals surface area contributed by atoms with Crippen LogP contribution in [-0.4, -0.2) is 22.5 Å². The molecular weight excluding hydrogens is 354 g/mol. The molecule has 6 heteroatoms. The first-order chi connectivity index (χ1) is 13.4. The highest BCUT2D eigenvalue weighted by Crippen LogP contribution is 2.38. The predicted octanol–water partition coefficient (Wildman–Crippen LogP) is 3.90. The second-order valence-corrected chi connectivity index (χ2v) is 7.02. The average Bonchev–Trinajstić information content (AvgIpc) is 3.45. The highest BCUT2D eigenvalue weighted by atomic mass is 16.5. The van der Waals surface area contributed by atoms with E-state index in [0.29, 0.717) is 17.3 Å². The van der Waals surface area contributed by atoms with Gasteiger partial charge in [-0.05, 0) is 69.5 Å². The van der Waals surface area contributed by atoms with Gasteiger partial charge in [-0.1, -0.05) is 6.07 Å². The third kappa shape index (κ3) is 4.49. The summed E-state index contributed by atoms with van der Waals surface area (Å²) < 4.78 is 7.49. The van der Waals surface area contributed by atoms with Crippen molar-refractivity contribution in [2.75, 3.05) is 5.32 Å². The van der Waals surface area contributed by atoms with Gasteiger partial charge in [0.15, 0.2) is 6.10 Å². The van der Waals surface area contributed by atoms with Crippen molar-refractivity contribution < 1.29 is 14.3 Å². The Hall–Kier alpha value is -3.33. The number of hydrogen-bond donors (Lipinski definition) is 1. The van der Waals surface area contributed by atoms with Gasteiger partial charge < -0.3 is 14.6 Å². The molecule has 144 valence electrons. The summed E-state index contributed by atoms with van der Waals surface area (Å²) in [7, 11) is 0. The molecule has 0 radical (unpaired) electrons. The number of carbonyl (C=O) groups is 2. The molecular formula is C22H23N3O3. The number of anilines is 1. The van der Waals surface area contributed by atoms with Crippen LogP contribution in [0.15, 0.2) is 36.4 Å². The lowest BCUT2D eigenvalue weighted by molar-refractivity contribution is -0.148. The van der Waals surface area contributed by atoms with Crippen LogP contribution in [0.2, 0.25) is 0 Å². The van der Waals surface area contributed by atoms with Crippen molar-refractivity contribution >= 4 is 23.6 Å². The second kappa shape index (κ2) is 8.13. The summed E-state index contributed by atoms with van der Waals surface area (Å²) in [5.74, 6) is -1.03. The van der Waals surface area contributed by atoms with Gasteiger partial charge in [0.05, 0.1) is 11.6 Å². The number of benzene rings is 1. The van der Waals surface area contributed by atoms with Gasteiger partial charge in [0.25, 0.3) is 5.91 Å². The first-order valence-corrected chi connectivity index (χ1v) is 9.27. The lowest BCUT2D eigenvalue weighted by atomic mass is 10.2. The molecule has 0 aliphatic heterocycles. The molecule has 0 unspecified atom stereocenters. The number of ether oxygens (including phenoxy) is 1. The summed E-state index contributed by atoms with van der Waals surface area (Å²) >= 11 is 0. The number of esters is 1. The van der Waals surface area contributed by atoms with E-state index in [1.807, 2.05) is 13.0 Å². The van der Waals surface area contributed by atoms with E-state index in [1.165, 1.54) is 31.5 Å². The Morgan fingerprint density at radius 2 is 2.07 bits per heavy atom. The largest absolute Gasteiger partial charge is 0.449 e.